The Morgan fingerprint density at radius 2 is 1.76 bits per heavy atom. The zero-order valence-corrected chi connectivity index (χ0v) is 15.3. The van der Waals surface area contributed by atoms with Crippen LogP contribution < -0.4 is 0 Å². The summed E-state index contributed by atoms with van der Waals surface area (Å²) in [5.74, 6) is 1.27. The van der Waals surface area contributed by atoms with Crippen molar-refractivity contribution in [2.75, 3.05) is 5.75 Å². The van der Waals surface area contributed by atoms with E-state index < -0.39 is 0 Å². The largest absolute Gasteiger partial charge is 0.305 e. The van der Waals surface area contributed by atoms with Gasteiger partial charge in [-0.3, -0.25) is 4.79 Å². The topological polar surface area (TPSA) is 47.8 Å². The van der Waals surface area contributed by atoms with Gasteiger partial charge in [0, 0.05) is 18.2 Å². The van der Waals surface area contributed by atoms with Crippen LogP contribution in [0.3, 0.4) is 0 Å². The van der Waals surface area contributed by atoms with Gasteiger partial charge in [-0.15, -0.1) is 10.2 Å². The number of carbonyl (C=O) groups excluding carboxylic acids is 1. The molecule has 0 spiro atoms. The molecule has 0 unspecified atom stereocenters. The second-order valence-electron chi connectivity index (χ2n) is 5.89. The van der Waals surface area contributed by atoms with Gasteiger partial charge in [-0.2, -0.15) is 0 Å². The lowest BCUT2D eigenvalue weighted by atomic mass is 10.1. The Morgan fingerprint density at radius 1 is 1.04 bits per heavy atom. The molecule has 0 aliphatic rings. The molecule has 25 heavy (non-hydrogen) atoms. The summed E-state index contributed by atoms with van der Waals surface area (Å²) in [6.07, 6.45) is 2.16. The number of Topliss-reactive ketones (excluding diaryl/α,β-unsaturated/α-hetero) is 1. The van der Waals surface area contributed by atoms with Gasteiger partial charge in [0.25, 0.3) is 0 Å². The third-order valence-corrected chi connectivity index (χ3v) is 5.03. The predicted molar refractivity (Wildman–Crippen MR) is 102 cm³/mol. The van der Waals surface area contributed by atoms with Crippen LogP contribution in [0.15, 0.2) is 59.8 Å². The number of thioether (sulfide) groups is 1. The normalized spacial score (nSPS) is 10.8. The van der Waals surface area contributed by atoms with Crippen LogP contribution in [0.1, 0.15) is 29.3 Å². The molecule has 0 amide bonds. The standard InChI is InChI=1S/C20H21N3OS/c1-3-7-15-10-12-16(13-11-15)18(24)14-25-20-22-21-19(23(20)2)17-8-5-4-6-9-17/h4-6,8-13H,3,7,14H2,1-2H3. The summed E-state index contributed by atoms with van der Waals surface area (Å²) in [5, 5.41) is 9.21. The fourth-order valence-electron chi connectivity index (χ4n) is 2.64. The highest BCUT2D eigenvalue weighted by Gasteiger charge is 2.13. The molecule has 3 aromatic rings. The molecule has 0 radical (unpaired) electrons. The minimum Gasteiger partial charge on any atom is -0.305 e. The molecule has 0 aliphatic heterocycles. The molecule has 0 atom stereocenters. The van der Waals surface area contributed by atoms with Crippen LogP contribution in [0.2, 0.25) is 0 Å². The Labute approximate surface area is 152 Å². The molecule has 0 bridgehead atoms. The molecule has 3 rings (SSSR count). The van der Waals surface area contributed by atoms with Crippen molar-refractivity contribution in [3.05, 3.63) is 65.7 Å². The maximum absolute atomic E-state index is 12.4. The van der Waals surface area contributed by atoms with Crippen LogP contribution in [0.4, 0.5) is 0 Å². The van der Waals surface area contributed by atoms with Gasteiger partial charge >= 0.3 is 0 Å². The molecule has 1 aromatic heterocycles. The van der Waals surface area contributed by atoms with Crippen molar-refractivity contribution >= 4 is 17.5 Å². The van der Waals surface area contributed by atoms with Crippen LogP contribution in [0.25, 0.3) is 11.4 Å². The number of hydrogen-bond acceptors (Lipinski definition) is 4. The smallest absolute Gasteiger partial charge is 0.191 e. The Hall–Kier alpha value is -2.40. The number of benzene rings is 2. The van der Waals surface area contributed by atoms with Crippen molar-refractivity contribution in [3.8, 4) is 11.4 Å². The molecule has 128 valence electrons. The number of hydrogen-bond donors (Lipinski definition) is 0. The van der Waals surface area contributed by atoms with E-state index in [1.54, 1.807) is 0 Å². The van der Waals surface area contributed by atoms with E-state index in [4.69, 9.17) is 0 Å². The molecule has 0 fully saturated rings. The monoisotopic (exact) mass is 351 g/mol. The molecule has 0 aliphatic carbocycles. The maximum Gasteiger partial charge on any atom is 0.191 e. The van der Waals surface area contributed by atoms with E-state index in [0.29, 0.717) is 5.75 Å². The average molecular weight is 351 g/mol. The lowest BCUT2D eigenvalue weighted by Gasteiger charge is -2.04. The zero-order chi connectivity index (χ0) is 17.6. The van der Waals surface area contributed by atoms with E-state index in [2.05, 4.69) is 17.1 Å². The minimum atomic E-state index is 0.109. The van der Waals surface area contributed by atoms with Gasteiger partial charge in [0.05, 0.1) is 5.75 Å². The number of ketones is 1. The SMILES string of the molecule is CCCc1ccc(C(=O)CSc2nnc(-c3ccccc3)n2C)cc1. The Morgan fingerprint density at radius 3 is 2.44 bits per heavy atom. The first kappa shape index (κ1) is 17.4. The highest BCUT2D eigenvalue weighted by Crippen LogP contribution is 2.23. The van der Waals surface area contributed by atoms with E-state index in [-0.39, 0.29) is 5.78 Å². The zero-order valence-electron chi connectivity index (χ0n) is 14.5. The first-order valence-corrected chi connectivity index (χ1v) is 9.37. The fraction of sp³-hybridized carbons (Fsp3) is 0.250. The lowest BCUT2D eigenvalue weighted by molar-refractivity contribution is 0.102. The van der Waals surface area contributed by atoms with Crippen molar-refractivity contribution in [1.82, 2.24) is 14.8 Å². The highest BCUT2D eigenvalue weighted by molar-refractivity contribution is 7.99. The second-order valence-corrected chi connectivity index (χ2v) is 6.83. The van der Waals surface area contributed by atoms with Crippen LogP contribution >= 0.6 is 11.8 Å². The molecule has 0 saturated heterocycles. The van der Waals surface area contributed by atoms with Gasteiger partial charge in [0.15, 0.2) is 16.8 Å². The Kier molecular flexibility index (Phi) is 5.66. The highest BCUT2D eigenvalue weighted by atomic mass is 32.2. The molecule has 1 heterocycles. The average Bonchev–Trinajstić information content (AvgIpc) is 3.02. The van der Waals surface area contributed by atoms with Crippen LogP contribution in [-0.2, 0) is 13.5 Å². The van der Waals surface area contributed by atoms with E-state index in [1.165, 1.54) is 17.3 Å². The van der Waals surface area contributed by atoms with Gasteiger partial charge in [0.1, 0.15) is 0 Å². The minimum absolute atomic E-state index is 0.109. The number of nitrogens with zero attached hydrogens (tertiary/aromatic N) is 3. The van der Waals surface area contributed by atoms with Crippen molar-refractivity contribution in [2.45, 2.75) is 24.9 Å². The predicted octanol–water partition coefficient (Wildman–Crippen LogP) is 4.41. The molecule has 0 saturated carbocycles. The number of carbonyl (C=O) groups is 1. The van der Waals surface area contributed by atoms with Gasteiger partial charge < -0.3 is 4.57 Å². The second kappa shape index (κ2) is 8.12. The summed E-state index contributed by atoms with van der Waals surface area (Å²) in [5.41, 5.74) is 3.03. The summed E-state index contributed by atoms with van der Waals surface area (Å²) in [4.78, 5) is 12.4. The number of rotatable bonds is 7. The third kappa shape index (κ3) is 4.17. The molecular weight excluding hydrogens is 330 g/mol. The summed E-state index contributed by atoms with van der Waals surface area (Å²) < 4.78 is 1.93. The van der Waals surface area contributed by atoms with Crippen molar-refractivity contribution in [2.24, 2.45) is 7.05 Å². The van der Waals surface area contributed by atoms with Gasteiger partial charge in [-0.1, -0.05) is 79.7 Å². The van der Waals surface area contributed by atoms with Gasteiger partial charge in [-0.05, 0) is 12.0 Å². The van der Waals surface area contributed by atoms with Gasteiger partial charge in [-0.25, -0.2) is 0 Å². The molecule has 2 aromatic carbocycles. The Balaban J connectivity index is 1.65. The summed E-state index contributed by atoms with van der Waals surface area (Å²) in [6, 6.07) is 17.8. The number of aromatic nitrogens is 3. The quantitative estimate of drug-likeness (QED) is 0.467. The van der Waals surface area contributed by atoms with E-state index in [1.807, 2.05) is 66.2 Å². The first-order chi connectivity index (χ1) is 12.2. The first-order valence-electron chi connectivity index (χ1n) is 8.38. The number of aryl methyl sites for hydroxylation is 1. The van der Waals surface area contributed by atoms with Crippen LogP contribution in [0.5, 0.6) is 0 Å². The van der Waals surface area contributed by atoms with Gasteiger partial charge in [0.2, 0.25) is 0 Å². The molecule has 4 nitrogen and oxygen atoms in total. The maximum atomic E-state index is 12.4. The molecule has 0 N–H and O–H groups in total. The summed E-state index contributed by atoms with van der Waals surface area (Å²) in [7, 11) is 1.93. The van der Waals surface area contributed by atoms with Crippen molar-refractivity contribution in [1.29, 1.82) is 0 Å². The van der Waals surface area contributed by atoms with Crippen LogP contribution in [0, 0.1) is 0 Å². The van der Waals surface area contributed by atoms with E-state index in [9.17, 15) is 4.79 Å². The lowest BCUT2D eigenvalue weighted by Crippen LogP contribution is -2.04. The van der Waals surface area contributed by atoms with E-state index >= 15 is 0 Å². The van der Waals surface area contributed by atoms with E-state index in [0.717, 1.165) is 34.9 Å². The summed E-state index contributed by atoms with van der Waals surface area (Å²) in [6.45, 7) is 2.15. The molecular formula is C20H21N3OS. The fourth-order valence-corrected chi connectivity index (χ4v) is 3.44. The van der Waals surface area contributed by atoms with Crippen LogP contribution in [-0.4, -0.2) is 26.3 Å². The Bertz CT molecular complexity index is 841. The van der Waals surface area contributed by atoms with Crippen molar-refractivity contribution in [3.63, 3.8) is 0 Å². The van der Waals surface area contributed by atoms with Crippen molar-refractivity contribution < 1.29 is 4.79 Å². The third-order valence-electron chi connectivity index (χ3n) is 4.01. The molecule has 5 heteroatoms. The summed E-state index contributed by atoms with van der Waals surface area (Å²) >= 11 is 1.42.